The van der Waals surface area contributed by atoms with E-state index in [1.807, 2.05) is 13.8 Å². The molecule has 0 spiro atoms. The Morgan fingerprint density at radius 1 is 1.38 bits per heavy atom. The first-order valence-electron chi connectivity index (χ1n) is 5.63. The molecule has 5 heteroatoms. The molecule has 0 saturated carbocycles. The van der Waals surface area contributed by atoms with Crippen molar-refractivity contribution in [1.82, 2.24) is 5.32 Å². The van der Waals surface area contributed by atoms with E-state index in [0.717, 1.165) is 0 Å². The first kappa shape index (κ1) is 15.3. The van der Waals surface area contributed by atoms with E-state index in [4.69, 9.17) is 15.2 Å². The molecule has 3 N–H and O–H groups in total. The summed E-state index contributed by atoms with van der Waals surface area (Å²) in [6.45, 7) is 4.69. The van der Waals surface area contributed by atoms with Crippen LogP contribution in [0.25, 0.3) is 0 Å². The Labute approximate surface area is 97.7 Å². The van der Waals surface area contributed by atoms with E-state index in [9.17, 15) is 4.79 Å². The van der Waals surface area contributed by atoms with Crippen LogP contribution in [0.2, 0.25) is 0 Å². The summed E-state index contributed by atoms with van der Waals surface area (Å²) in [5.41, 5.74) is 5.19. The maximum atomic E-state index is 11.8. The number of nitrogens with one attached hydrogen (secondary N) is 1. The van der Waals surface area contributed by atoms with Crippen molar-refractivity contribution in [1.29, 1.82) is 0 Å². The predicted molar refractivity (Wildman–Crippen MR) is 63.2 cm³/mol. The lowest BCUT2D eigenvalue weighted by molar-refractivity contribution is -0.127. The van der Waals surface area contributed by atoms with Gasteiger partial charge in [-0.25, -0.2) is 0 Å². The Morgan fingerprint density at radius 3 is 2.31 bits per heavy atom. The van der Waals surface area contributed by atoms with Crippen molar-refractivity contribution in [3.05, 3.63) is 0 Å². The number of carbonyl (C=O) groups excluding carboxylic acids is 1. The first-order valence-corrected chi connectivity index (χ1v) is 5.63. The molecule has 0 radical (unpaired) electrons. The van der Waals surface area contributed by atoms with Gasteiger partial charge >= 0.3 is 0 Å². The Kier molecular flexibility index (Phi) is 7.29. The molecule has 0 aromatic heterocycles. The van der Waals surface area contributed by atoms with Crippen molar-refractivity contribution in [3.8, 4) is 0 Å². The molecule has 1 amide bonds. The Morgan fingerprint density at radius 2 is 1.94 bits per heavy atom. The topological polar surface area (TPSA) is 73.6 Å². The molecule has 0 aromatic carbocycles. The van der Waals surface area contributed by atoms with Gasteiger partial charge in [0, 0.05) is 20.8 Å². The standard InChI is InChI=1S/C11H24N2O3/c1-5-11(12,6-2)10(14)13-7-9(16-4)8-15-3/h9H,5-8,12H2,1-4H3,(H,13,14). The molecule has 0 bridgehead atoms. The Hall–Kier alpha value is -0.650. The quantitative estimate of drug-likeness (QED) is 0.630. The zero-order chi connectivity index (χ0) is 12.6. The smallest absolute Gasteiger partial charge is 0.240 e. The van der Waals surface area contributed by atoms with Gasteiger partial charge in [0.05, 0.1) is 18.2 Å². The summed E-state index contributed by atoms with van der Waals surface area (Å²) < 4.78 is 10.1. The molecule has 1 unspecified atom stereocenters. The number of carbonyl (C=O) groups is 1. The summed E-state index contributed by atoms with van der Waals surface area (Å²) in [4.78, 5) is 11.8. The summed E-state index contributed by atoms with van der Waals surface area (Å²) in [7, 11) is 3.18. The number of rotatable bonds is 8. The summed E-state index contributed by atoms with van der Waals surface area (Å²) in [5.74, 6) is -0.129. The molecule has 1 atom stereocenters. The van der Waals surface area contributed by atoms with Crippen LogP contribution in [-0.2, 0) is 14.3 Å². The van der Waals surface area contributed by atoms with Gasteiger partial charge in [-0.2, -0.15) is 0 Å². The second-order valence-corrected chi connectivity index (χ2v) is 3.89. The highest BCUT2D eigenvalue weighted by Crippen LogP contribution is 2.10. The van der Waals surface area contributed by atoms with E-state index in [1.165, 1.54) is 0 Å². The summed E-state index contributed by atoms with van der Waals surface area (Å²) in [5, 5.41) is 2.79. The SMILES string of the molecule is CCC(N)(CC)C(=O)NCC(COC)OC. The minimum Gasteiger partial charge on any atom is -0.382 e. The van der Waals surface area contributed by atoms with Gasteiger partial charge in [0.25, 0.3) is 0 Å². The van der Waals surface area contributed by atoms with Gasteiger partial charge in [-0.1, -0.05) is 13.8 Å². The molecule has 0 aromatic rings. The van der Waals surface area contributed by atoms with E-state index in [0.29, 0.717) is 26.0 Å². The van der Waals surface area contributed by atoms with Gasteiger partial charge in [-0.05, 0) is 12.8 Å². The van der Waals surface area contributed by atoms with Crippen molar-refractivity contribution in [2.45, 2.75) is 38.3 Å². The van der Waals surface area contributed by atoms with E-state index in [1.54, 1.807) is 14.2 Å². The highest BCUT2D eigenvalue weighted by molar-refractivity contribution is 5.85. The fourth-order valence-corrected chi connectivity index (χ4v) is 1.35. The fraction of sp³-hybridized carbons (Fsp3) is 0.909. The Bertz CT molecular complexity index is 205. The average molecular weight is 232 g/mol. The second-order valence-electron chi connectivity index (χ2n) is 3.89. The molecular weight excluding hydrogens is 208 g/mol. The van der Waals surface area contributed by atoms with Crippen LogP contribution in [0.15, 0.2) is 0 Å². The number of amides is 1. The zero-order valence-electron chi connectivity index (χ0n) is 10.7. The van der Waals surface area contributed by atoms with Gasteiger partial charge in [-0.3, -0.25) is 4.79 Å². The van der Waals surface area contributed by atoms with Crippen LogP contribution in [0.3, 0.4) is 0 Å². The van der Waals surface area contributed by atoms with Crippen molar-refractivity contribution >= 4 is 5.91 Å². The minimum absolute atomic E-state index is 0.129. The normalized spacial score (nSPS) is 13.6. The number of hydrogen-bond donors (Lipinski definition) is 2. The van der Waals surface area contributed by atoms with Gasteiger partial charge in [0.15, 0.2) is 0 Å². The van der Waals surface area contributed by atoms with Crippen LogP contribution < -0.4 is 11.1 Å². The van der Waals surface area contributed by atoms with Crippen LogP contribution in [-0.4, -0.2) is 44.9 Å². The third kappa shape index (κ3) is 4.47. The monoisotopic (exact) mass is 232 g/mol. The van der Waals surface area contributed by atoms with E-state index >= 15 is 0 Å². The molecule has 5 nitrogen and oxygen atoms in total. The van der Waals surface area contributed by atoms with Crippen LogP contribution in [0.1, 0.15) is 26.7 Å². The summed E-state index contributed by atoms with van der Waals surface area (Å²) in [6, 6.07) is 0. The molecule has 0 fully saturated rings. The molecule has 96 valence electrons. The van der Waals surface area contributed by atoms with Crippen molar-refractivity contribution in [2.24, 2.45) is 5.73 Å². The molecular formula is C11H24N2O3. The third-order valence-corrected chi connectivity index (χ3v) is 2.89. The van der Waals surface area contributed by atoms with Gasteiger partial charge in [-0.15, -0.1) is 0 Å². The molecule has 0 aliphatic carbocycles. The fourth-order valence-electron chi connectivity index (χ4n) is 1.35. The average Bonchev–Trinajstić information content (AvgIpc) is 2.32. The lowest BCUT2D eigenvalue weighted by Gasteiger charge is -2.26. The van der Waals surface area contributed by atoms with Crippen LogP contribution >= 0.6 is 0 Å². The van der Waals surface area contributed by atoms with E-state index in [2.05, 4.69) is 5.32 Å². The van der Waals surface area contributed by atoms with Gasteiger partial charge in [0.2, 0.25) is 5.91 Å². The van der Waals surface area contributed by atoms with Crippen LogP contribution in [0.5, 0.6) is 0 Å². The Balaban J connectivity index is 4.13. The van der Waals surface area contributed by atoms with Crippen molar-refractivity contribution < 1.29 is 14.3 Å². The summed E-state index contributed by atoms with van der Waals surface area (Å²) >= 11 is 0. The predicted octanol–water partition coefficient (Wildman–Crippen LogP) is 0.282. The van der Waals surface area contributed by atoms with Gasteiger partial charge < -0.3 is 20.5 Å². The summed E-state index contributed by atoms with van der Waals surface area (Å²) in [6.07, 6.45) is 1.11. The number of ether oxygens (including phenoxy) is 2. The lowest BCUT2D eigenvalue weighted by atomic mass is 9.93. The third-order valence-electron chi connectivity index (χ3n) is 2.89. The second kappa shape index (κ2) is 7.60. The highest BCUT2D eigenvalue weighted by Gasteiger charge is 2.29. The van der Waals surface area contributed by atoms with Crippen LogP contribution in [0.4, 0.5) is 0 Å². The zero-order valence-corrected chi connectivity index (χ0v) is 10.7. The lowest BCUT2D eigenvalue weighted by Crippen LogP contribution is -2.54. The maximum absolute atomic E-state index is 11.8. The molecule has 0 aliphatic heterocycles. The first-order chi connectivity index (χ1) is 7.53. The minimum atomic E-state index is -0.772. The van der Waals surface area contributed by atoms with E-state index in [-0.39, 0.29) is 12.0 Å². The molecule has 0 saturated heterocycles. The number of hydrogen-bond acceptors (Lipinski definition) is 4. The van der Waals surface area contributed by atoms with Gasteiger partial charge in [0.1, 0.15) is 0 Å². The maximum Gasteiger partial charge on any atom is 0.240 e. The molecule has 0 rings (SSSR count). The number of nitrogens with two attached hydrogens (primary N) is 1. The van der Waals surface area contributed by atoms with Crippen molar-refractivity contribution in [2.75, 3.05) is 27.4 Å². The largest absolute Gasteiger partial charge is 0.382 e. The highest BCUT2D eigenvalue weighted by atomic mass is 16.5. The number of methoxy groups -OCH3 is 2. The van der Waals surface area contributed by atoms with E-state index < -0.39 is 5.54 Å². The molecule has 0 heterocycles. The molecule has 0 aliphatic rings. The molecule has 16 heavy (non-hydrogen) atoms. The van der Waals surface area contributed by atoms with Crippen LogP contribution in [0, 0.1) is 0 Å². The van der Waals surface area contributed by atoms with Crippen molar-refractivity contribution in [3.63, 3.8) is 0 Å².